The highest BCUT2D eigenvalue weighted by atomic mass is 32.1. The Labute approximate surface area is 136 Å². The summed E-state index contributed by atoms with van der Waals surface area (Å²) in [5, 5.41) is 12.5. The molecule has 2 N–H and O–H groups in total. The van der Waals surface area contributed by atoms with Crippen LogP contribution in [0.15, 0.2) is 30.3 Å². The monoisotopic (exact) mass is 330 g/mol. The summed E-state index contributed by atoms with van der Waals surface area (Å²) in [4.78, 5) is 16.6. The lowest BCUT2D eigenvalue weighted by Crippen LogP contribution is -2.14. The molecule has 3 aromatic rings. The first-order valence-electron chi connectivity index (χ1n) is 7.07. The number of aromatic nitrogens is 1. The minimum atomic E-state index is -0.363. The fraction of sp³-hybridized carbons (Fsp3) is 0.176. The summed E-state index contributed by atoms with van der Waals surface area (Å²) >= 11 is 1.40. The average Bonchev–Trinajstić information content (AvgIpc) is 2.95. The van der Waals surface area contributed by atoms with Crippen molar-refractivity contribution in [1.82, 2.24) is 4.98 Å². The molecule has 0 bridgehead atoms. The summed E-state index contributed by atoms with van der Waals surface area (Å²) in [6.07, 6.45) is 0. The number of nitrogens with zero attached hydrogens (tertiary/aromatic N) is 1. The average molecular weight is 330 g/mol. The molecule has 0 fully saturated rings. The van der Waals surface area contributed by atoms with Gasteiger partial charge in [0, 0.05) is 11.3 Å². The molecule has 0 radical (unpaired) electrons. The highest BCUT2D eigenvalue weighted by Gasteiger charge is 2.14. The quantitative estimate of drug-likeness (QED) is 0.768. The van der Waals surface area contributed by atoms with Gasteiger partial charge in [0.2, 0.25) is 0 Å². The van der Waals surface area contributed by atoms with Crippen LogP contribution < -0.4 is 5.32 Å². The van der Waals surface area contributed by atoms with E-state index in [-0.39, 0.29) is 18.3 Å². The molecule has 0 saturated heterocycles. The van der Waals surface area contributed by atoms with Crippen LogP contribution in [-0.2, 0) is 6.61 Å². The number of hydrogen-bond donors (Lipinski definition) is 2. The third-order valence-corrected chi connectivity index (χ3v) is 4.67. The Balaban J connectivity index is 1.89. The van der Waals surface area contributed by atoms with E-state index in [1.165, 1.54) is 11.3 Å². The van der Waals surface area contributed by atoms with Crippen LogP contribution in [0.3, 0.4) is 0 Å². The minimum absolute atomic E-state index is 0.108. The maximum Gasteiger partial charge on any atom is 0.256 e. The van der Waals surface area contributed by atoms with Gasteiger partial charge < -0.3 is 10.4 Å². The summed E-state index contributed by atoms with van der Waals surface area (Å²) in [6.45, 7) is 3.15. The lowest BCUT2D eigenvalue weighted by molar-refractivity contribution is 0.102. The molecule has 1 amide bonds. The Morgan fingerprint density at radius 2 is 2.09 bits per heavy atom. The van der Waals surface area contributed by atoms with Gasteiger partial charge in [0.1, 0.15) is 10.8 Å². The molecule has 0 aliphatic rings. The lowest BCUT2D eigenvalue weighted by Gasteiger charge is -2.09. The number of carbonyl (C=O) groups excluding carboxylic acids is 1. The van der Waals surface area contributed by atoms with Crippen LogP contribution in [0.5, 0.6) is 0 Å². The number of nitrogens with one attached hydrogen (secondary N) is 1. The summed E-state index contributed by atoms with van der Waals surface area (Å²) in [6, 6.07) is 8.55. The van der Waals surface area contributed by atoms with Gasteiger partial charge in [-0.05, 0) is 49.2 Å². The summed E-state index contributed by atoms with van der Waals surface area (Å²) in [7, 11) is 0. The zero-order valence-electron chi connectivity index (χ0n) is 12.7. The van der Waals surface area contributed by atoms with Crippen LogP contribution >= 0.6 is 11.3 Å². The van der Waals surface area contributed by atoms with Crippen LogP contribution in [0.25, 0.3) is 10.2 Å². The zero-order valence-corrected chi connectivity index (χ0v) is 13.5. The topological polar surface area (TPSA) is 62.2 Å². The maximum atomic E-state index is 13.9. The van der Waals surface area contributed by atoms with Crippen molar-refractivity contribution in [1.29, 1.82) is 0 Å². The zero-order chi connectivity index (χ0) is 16.6. The fourth-order valence-corrected chi connectivity index (χ4v) is 3.19. The van der Waals surface area contributed by atoms with E-state index < -0.39 is 0 Å². The highest BCUT2D eigenvalue weighted by molar-refractivity contribution is 7.18. The van der Waals surface area contributed by atoms with Gasteiger partial charge in [-0.3, -0.25) is 4.79 Å². The van der Waals surface area contributed by atoms with Gasteiger partial charge in [-0.1, -0.05) is 6.07 Å². The van der Waals surface area contributed by atoms with Crippen molar-refractivity contribution in [2.45, 2.75) is 20.5 Å². The smallest absolute Gasteiger partial charge is 0.256 e. The predicted octanol–water partition coefficient (Wildman–Crippen LogP) is 3.80. The molecule has 0 aliphatic heterocycles. The minimum Gasteiger partial charge on any atom is -0.389 e. The van der Waals surface area contributed by atoms with Crippen molar-refractivity contribution in [3.05, 3.63) is 57.8 Å². The number of halogens is 1. The number of aliphatic hydroxyl groups excluding tert-OH is 1. The SMILES string of the molecule is Cc1ccc(C(=O)Nc2ccc3sc(CO)nc3c2)c(C)c1F. The second-order valence-corrected chi connectivity index (χ2v) is 6.39. The lowest BCUT2D eigenvalue weighted by atomic mass is 10.0. The molecule has 0 spiro atoms. The fourth-order valence-electron chi connectivity index (χ4n) is 2.39. The second kappa shape index (κ2) is 6.06. The van der Waals surface area contributed by atoms with Crippen LogP contribution in [0.4, 0.5) is 10.1 Å². The van der Waals surface area contributed by atoms with Crippen LogP contribution in [0.1, 0.15) is 26.5 Å². The Morgan fingerprint density at radius 3 is 2.83 bits per heavy atom. The van der Waals surface area contributed by atoms with Crippen LogP contribution in [0.2, 0.25) is 0 Å². The number of amides is 1. The molecule has 1 aromatic heterocycles. The molecule has 0 saturated carbocycles. The van der Waals surface area contributed by atoms with Crippen molar-refractivity contribution < 1.29 is 14.3 Å². The molecule has 4 nitrogen and oxygen atoms in total. The summed E-state index contributed by atoms with van der Waals surface area (Å²) in [5.41, 5.74) is 2.45. The maximum absolute atomic E-state index is 13.9. The summed E-state index contributed by atoms with van der Waals surface area (Å²) < 4.78 is 14.9. The van der Waals surface area contributed by atoms with E-state index in [2.05, 4.69) is 10.3 Å². The molecular formula is C17H15FN2O2S. The third kappa shape index (κ3) is 2.95. The molecule has 1 heterocycles. The number of fused-ring (bicyclic) bond motifs is 1. The molecule has 3 rings (SSSR count). The Hall–Kier alpha value is -2.31. The van der Waals surface area contributed by atoms with E-state index in [1.807, 2.05) is 6.07 Å². The number of anilines is 1. The number of thiazole rings is 1. The van der Waals surface area contributed by atoms with Gasteiger partial charge >= 0.3 is 0 Å². The first-order chi connectivity index (χ1) is 11.0. The molecule has 6 heteroatoms. The van der Waals surface area contributed by atoms with E-state index in [0.717, 1.165) is 4.70 Å². The van der Waals surface area contributed by atoms with E-state index in [0.29, 0.717) is 32.9 Å². The molecule has 0 atom stereocenters. The van der Waals surface area contributed by atoms with Gasteiger partial charge in [-0.2, -0.15) is 0 Å². The third-order valence-electron chi connectivity index (χ3n) is 3.65. The van der Waals surface area contributed by atoms with E-state index in [1.54, 1.807) is 38.1 Å². The van der Waals surface area contributed by atoms with Crippen molar-refractivity contribution in [3.63, 3.8) is 0 Å². The highest BCUT2D eigenvalue weighted by Crippen LogP contribution is 2.25. The molecule has 23 heavy (non-hydrogen) atoms. The molecular weight excluding hydrogens is 315 g/mol. The van der Waals surface area contributed by atoms with Gasteiger partial charge in [-0.15, -0.1) is 11.3 Å². The predicted molar refractivity (Wildman–Crippen MR) is 89.4 cm³/mol. The molecule has 118 valence electrons. The largest absolute Gasteiger partial charge is 0.389 e. The first-order valence-corrected chi connectivity index (χ1v) is 7.88. The number of benzene rings is 2. The number of carbonyl (C=O) groups is 1. The van der Waals surface area contributed by atoms with Crippen LogP contribution in [0, 0.1) is 19.7 Å². The Kier molecular flexibility index (Phi) is 4.11. The molecule has 0 aliphatic carbocycles. The van der Waals surface area contributed by atoms with E-state index >= 15 is 0 Å². The van der Waals surface area contributed by atoms with Crippen molar-refractivity contribution >= 4 is 33.1 Å². The molecule has 2 aromatic carbocycles. The van der Waals surface area contributed by atoms with Gasteiger partial charge in [-0.25, -0.2) is 9.37 Å². The number of rotatable bonds is 3. The van der Waals surface area contributed by atoms with Crippen LogP contribution in [-0.4, -0.2) is 16.0 Å². The number of hydrogen-bond acceptors (Lipinski definition) is 4. The summed E-state index contributed by atoms with van der Waals surface area (Å²) in [5.74, 6) is -0.724. The molecule has 0 unspecified atom stereocenters. The Morgan fingerprint density at radius 1 is 1.30 bits per heavy atom. The van der Waals surface area contributed by atoms with Crippen molar-refractivity contribution in [2.24, 2.45) is 0 Å². The second-order valence-electron chi connectivity index (χ2n) is 5.27. The Bertz CT molecular complexity index is 905. The van der Waals surface area contributed by atoms with Gasteiger partial charge in [0.05, 0.1) is 16.8 Å². The van der Waals surface area contributed by atoms with Crippen molar-refractivity contribution in [2.75, 3.05) is 5.32 Å². The van der Waals surface area contributed by atoms with Gasteiger partial charge in [0.15, 0.2) is 0 Å². The van der Waals surface area contributed by atoms with Crippen molar-refractivity contribution in [3.8, 4) is 0 Å². The normalized spacial score (nSPS) is 11.0. The van der Waals surface area contributed by atoms with Gasteiger partial charge in [0.25, 0.3) is 5.91 Å². The van der Waals surface area contributed by atoms with E-state index in [4.69, 9.17) is 5.11 Å². The number of aryl methyl sites for hydroxylation is 1. The standard InChI is InChI=1S/C17H15FN2O2S/c1-9-3-5-12(10(2)16(9)18)17(22)19-11-4-6-14-13(7-11)20-15(8-21)23-14/h3-7,21H,8H2,1-2H3,(H,19,22). The first kappa shape index (κ1) is 15.6. The van der Waals surface area contributed by atoms with E-state index in [9.17, 15) is 9.18 Å². The number of aliphatic hydroxyl groups is 1.